The van der Waals surface area contributed by atoms with Crippen molar-refractivity contribution in [2.75, 3.05) is 13.1 Å². The molecule has 23 heavy (non-hydrogen) atoms. The minimum Gasteiger partial charge on any atom is -0.342 e. The van der Waals surface area contributed by atoms with E-state index in [9.17, 15) is 9.59 Å². The van der Waals surface area contributed by atoms with Crippen LogP contribution >= 0.6 is 11.3 Å². The summed E-state index contributed by atoms with van der Waals surface area (Å²) in [5.41, 5.74) is 0.953. The standard InChI is InChI=1S/C16H22N4O2S/c1-4-19(5-2)13(21)9-20-16(22)14-11-7-6-10(3)8-12(11)23-15(14)17-18-20/h10H,4-9H2,1-3H3/t10-/m1/s1. The number of aromatic nitrogens is 3. The summed E-state index contributed by atoms with van der Waals surface area (Å²) < 4.78 is 1.22. The van der Waals surface area contributed by atoms with Crippen molar-refractivity contribution >= 4 is 27.5 Å². The lowest BCUT2D eigenvalue weighted by Crippen LogP contribution is -2.37. The molecule has 0 unspecified atom stereocenters. The maximum Gasteiger partial charge on any atom is 0.279 e. The fourth-order valence-corrected chi connectivity index (χ4v) is 4.52. The molecule has 1 aliphatic rings. The third-order valence-corrected chi connectivity index (χ3v) is 5.72. The minimum absolute atomic E-state index is 0.0372. The van der Waals surface area contributed by atoms with Gasteiger partial charge in [0.2, 0.25) is 5.91 Å². The Hall–Kier alpha value is -1.76. The predicted octanol–water partition coefficient (Wildman–Crippen LogP) is 1.85. The van der Waals surface area contributed by atoms with Crippen molar-refractivity contribution in [1.29, 1.82) is 0 Å². The van der Waals surface area contributed by atoms with E-state index in [0.29, 0.717) is 29.2 Å². The topological polar surface area (TPSA) is 68.1 Å². The van der Waals surface area contributed by atoms with E-state index in [2.05, 4.69) is 17.2 Å². The third kappa shape index (κ3) is 2.89. The summed E-state index contributed by atoms with van der Waals surface area (Å²) in [6.07, 6.45) is 3.02. The zero-order chi connectivity index (χ0) is 16.6. The highest BCUT2D eigenvalue weighted by molar-refractivity contribution is 7.18. The monoisotopic (exact) mass is 334 g/mol. The van der Waals surface area contributed by atoms with Crippen LogP contribution in [0.3, 0.4) is 0 Å². The molecule has 1 aliphatic carbocycles. The zero-order valence-corrected chi connectivity index (χ0v) is 14.7. The number of carbonyl (C=O) groups is 1. The molecular formula is C16H22N4O2S. The normalized spacial score (nSPS) is 17.3. The lowest BCUT2D eigenvalue weighted by molar-refractivity contribution is -0.131. The van der Waals surface area contributed by atoms with Crippen LogP contribution in [0.1, 0.15) is 37.6 Å². The molecule has 0 aliphatic heterocycles. The van der Waals surface area contributed by atoms with E-state index in [0.717, 1.165) is 24.8 Å². The van der Waals surface area contributed by atoms with Gasteiger partial charge in [-0.3, -0.25) is 9.59 Å². The number of hydrogen-bond acceptors (Lipinski definition) is 5. The van der Waals surface area contributed by atoms with Gasteiger partial charge in [-0.2, -0.15) is 0 Å². The van der Waals surface area contributed by atoms with Crippen LogP contribution in [-0.4, -0.2) is 38.9 Å². The number of likely N-dealkylation sites (N-methyl/N-ethyl adjacent to an activating group) is 1. The molecule has 0 bridgehead atoms. The van der Waals surface area contributed by atoms with Gasteiger partial charge >= 0.3 is 0 Å². The molecule has 0 radical (unpaired) electrons. The van der Waals surface area contributed by atoms with Crippen LogP contribution in [0.15, 0.2) is 4.79 Å². The molecule has 2 aromatic heterocycles. The molecule has 6 nitrogen and oxygen atoms in total. The molecule has 0 spiro atoms. The number of hydrogen-bond donors (Lipinski definition) is 0. The number of nitrogens with zero attached hydrogens (tertiary/aromatic N) is 4. The van der Waals surface area contributed by atoms with Gasteiger partial charge in [-0.1, -0.05) is 12.1 Å². The number of carbonyl (C=O) groups excluding carboxylic acids is 1. The Morgan fingerprint density at radius 2 is 2.13 bits per heavy atom. The van der Waals surface area contributed by atoms with E-state index in [1.165, 1.54) is 9.56 Å². The van der Waals surface area contributed by atoms with Crippen molar-refractivity contribution in [3.05, 3.63) is 20.8 Å². The molecular weight excluding hydrogens is 312 g/mol. The fourth-order valence-electron chi connectivity index (χ4n) is 3.20. The molecule has 0 fully saturated rings. The van der Waals surface area contributed by atoms with Gasteiger partial charge in [0.05, 0.1) is 5.39 Å². The van der Waals surface area contributed by atoms with Gasteiger partial charge < -0.3 is 4.90 Å². The van der Waals surface area contributed by atoms with Crippen LogP contribution in [0.4, 0.5) is 0 Å². The Labute approximate surface area is 139 Å². The van der Waals surface area contributed by atoms with Crippen molar-refractivity contribution in [2.45, 2.75) is 46.6 Å². The van der Waals surface area contributed by atoms with Gasteiger partial charge in [0.15, 0.2) is 4.83 Å². The molecule has 3 rings (SSSR count). The first-order chi connectivity index (χ1) is 11.0. The summed E-state index contributed by atoms with van der Waals surface area (Å²) in [6, 6.07) is 0. The molecule has 7 heteroatoms. The molecule has 1 atom stereocenters. The van der Waals surface area contributed by atoms with E-state index in [1.807, 2.05) is 13.8 Å². The fraction of sp³-hybridized carbons (Fsp3) is 0.625. The number of rotatable bonds is 4. The highest BCUT2D eigenvalue weighted by Gasteiger charge is 2.24. The van der Waals surface area contributed by atoms with Crippen LogP contribution in [0, 0.1) is 5.92 Å². The summed E-state index contributed by atoms with van der Waals surface area (Å²) in [7, 11) is 0. The molecule has 0 saturated carbocycles. The number of amides is 1. The first-order valence-corrected chi connectivity index (χ1v) is 9.02. The van der Waals surface area contributed by atoms with Gasteiger partial charge in [-0.25, -0.2) is 4.68 Å². The Kier molecular flexibility index (Phi) is 4.48. The SMILES string of the molecule is CCN(CC)C(=O)Cn1nnc2sc3c(c2c1=O)CC[C@@H](C)C3. The van der Waals surface area contributed by atoms with Gasteiger partial charge in [0.1, 0.15) is 6.54 Å². The largest absolute Gasteiger partial charge is 0.342 e. The quantitative estimate of drug-likeness (QED) is 0.856. The number of aryl methyl sites for hydroxylation is 1. The van der Waals surface area contributed by atoms with E-state index < -0.39 is 0 Å². The van der Waals surface area contributed by atoms with Gasteiger partial charge in [0, 0.05) is 18.0 Å². The molecule has 1 amide bonds. The second-order valence-electron chi connectivity index (χ2n) is 6.15. The van der Waals surface area contributed by atoms with Crippen molar-refractivity contribution in [3.8, 4) is 0 Å². The van der Waals surface area contributed by atoms with Gasteiger partial charge in [0.25, 0.3) is 5.56 Å². The van der Waals surface area contributed by atoms with Crippen molar-refractivity contribution in [1.82, 2.24) is 19.9 Å². The molecule has 2 heterocycles. The van der Waals surface area contributed by atoms with Gasteiger partial charge in [-0.05, 0) is 44.6 Å². The van der Waals surface area contributed by atoms with Gasteiger partial charge in [-0.15, -0.1) is 16.4 Å². The van der Waals surface area contributed by atoms with Crippen LogP contribution in [0.5, 0.6) is 0 Å². The summed E-state index contributed by atoms with van der Waals surface area (Å²) in [5, 5.41) is 8.85. The summed E-state index contributed by atoms with van der Waals surface area (Å²) in [4.78, 5) is 28.7. The van der Waals surface area contributed by atoms with E-state index in [-0.39, 0.29) is 18.0 Å². The highest BCUT2D eigenvalue weighted by atomic mass is 32.1. The highest BCUT2D eigenvalue weighted by Crippen LogP contribution is 2.35. The first kappa shape index (κ1) is 16.1. The van der Waals surface area contributed by atoms with Crippen LogP contribution in [0.25, 0.3) is 10.2 Å². The summed E-state index contributed by atoms with van der Waals surface area (Å²) in [5.74, 6) is 0.554. The molecule has 0 N–H and O–H groups in total. The lowest BCUT2D eigenvalue weighted by Gasteiger charge is -2.18. The minimum atomic E-state index is -0.178. The van der Waals surface area contributed by atoms with Crippen LogP contribution in [0.2, 0.25) is 0 Å². The van der Waals surface area contributed by atoms with E-state index in [4.69, 9.17) is 0 Å². The van der Waals surface area contributed by atoms with Crippen molar-refractivity contribution in [2.24, 2.45) is 5.92 Å². The second kappa shape index (κ2) is 6.39. The Morgan fingerprint density at radius 1 is 1.39 bits per heavy atom. The molecule has 0 saturated heterocycles. The Bertz CT molecular complexity index is 791. The number of thiophene rings is 1. The Balaban J connectivity index is 1.99. The molecule has 124 valence electrons. The average molecular weight is 334 g/mol. The smallest absolute Gasteiger partial charge is 0.279 e. The maximum atomic E-state index is 12.8. The van der Waals surface area contributed by atoms with Crippen LogP contribution < -0.4 is 5.56 Å². The van der Waals surface area contributed by atoms with E-state index in [1.54, 1.807) is 16.2 Å². The molecule has 2 aromatic rings. The molecule has 0 aromatic carbocycles. The maximum absolute atomic E-state index is 12.8. The zero-order valence-electron chi connectivity index (χ0n) is 13.8. The third-order valence-electron chi connectivity index (χ3n) is 4.59. The first-order valence-electron chi connectivity index (χ1n) is 8.20. The van der Waals surface area contributed by atoms with Crippen molar-refractivity contribution in [3.63, 3.8) is 0 Å². The van der Waals surface area contributed by atoms with Crippen molar-refractivity contribution < 1.29 is 4.79 Å². The van der Waals surface area contributed by atoms with E-state index >= 15 is 0 Å². The summed E-state index contributed by atoms with van der Waals surface area (Å²) in [6.45, 7) is 7.31. The lowest BCUT2D eigenvalue weighted by atomic mass is 9.89. The summed E-state index contributed by atoms with van der Waals surface area (Å²) >= 11 is 1.58. The van der Waals surface area contributed by atoms with Crippen LogP contribution in [-0.2, 0) is 24.2 Å². The Morgan fingerprint density at radius 3 is 2.83 bits per heavy atom. The number of fused-ring (bicyclic) bond motifs is 3. The average Bonchev–Trinajstić information content (AvgIpc) is 2.89. The predicted molar refractivity (Wildman–Crippen MR) is 90.8 cm³/mol. The second-order valence-corrected chi connectivity index (χ2v) is 7.23.